The number of hydrogen-bond donors (Lipinski definition) is 3. The molecule has 3 N–H and O–H groups in total. The quantitative estimate of drug-likeness (QED) is 0.218. The lowest BCUT2D eigenvalue weighted by Crippen LogP contribution is -2.12. The number of esters is 2. The fraction of sp³-hybridized carbons (Fsp3) is 0.324. The van der Waals surface area contributed by atoms with Crippen molar-refractivity contribution in [2.75, 3.05) is 0 Å². The number of rotatable bonds is 6. The van der Waals surface area contributed by atoms with Gasteiger partial charge >= 0.3 is 17.9 Å². The summed E-state index contributed by atoms with van der Waals surface area (Å²) in [5.74, 6) is -2.52. The van der Waals surface area contributed by atoms with Crippen LogP contribution in [-0.2, 0) is 33.6 Å². The number of aryl methyl sites for hydroxylation is 4. The van der Waals surface area contributed by atoms with Crippen molar-refractivity contribution in [3.63, 3.8) is 0 Å². The van der Waals surface area contributed by atoms with E-state index in [0.29, 0.717) is 33.5 Å². The van der Waals surface area contributed by atoms with Crippen LogP contribution in [0.1, 0.15) is 95.4 Å². The number of aromatic nitrogens is 4. The fourth-order valence-electron chi connectivity index (χ4n) is 5.83. The molecule has 3 aromatic heterocycles. The molecule has 0 saturated carbocycles. The van der Waals surface area contributed by atoms with Crippen LogP contribution in [0, 0.1) is 13.8 Å². The minimum Gasteiger partial charge on any atom is -0.481 e. The van der Waals surface area contributed by atoms with Crippen LogP contribution in [0.3, 0.4) is 0 Å². The molecule has 0 aromatic carbocycles. The molecule has 9 nitrogen and oxygen atoms in total. The van der Waals surface area contributed by atoms with Gasteiger partial charge in [-0.2, -0.15) is 0 Å². The number of nitrogens with zero attached hydrogens (tertiary/aromatic N) is 2. The van der Waals surface area contributed by atoms with Crippen molar-refractivity contribution in [3.05, 3.63) is 81.4 Å². The van der Waals surface area contributed by atoms with E-state index in [2.05, 4.69) is 30.4 Å². The topological polar surface area (TPSA) is 138 Å². The summed E-state index contributed by atoms with van der Waals surface area (Å²) < 4.78 is 5.19. The first-order valence-corrected chi connectivity index (χ1v) is 14.5. The number of H-pyrrole nitrogens is 2. The summed E-state index contributed by atoms with van der Waals surface area (Å²) in [5.41, 5.74) is 10.9. The maximum Gasteiger partial charge on any atom is 0.348 e. The summed E-state index contributed by atoms with van der Waals surface area (Å²) in [7, 11) is 0. The molecule has 0 aliphatic carbocycles. The highest BCUT2D eigenvalue weighted by atomic mass is 16.6. The van der Waals surface area contributed by atoms with Crippen molar-refractivity contribution >= 4 is 51.1 Å². The molecular formula is C34H36N4O5. The fourth-order valence-corrected chi connectivity index (χ4v) is 5.83. The van der Waals surface area contributed by atoms with Crippen LogP contribution in [-0.4, -0.2) is 43.0 Å². The lowest BCUT2D eigenvalue weighted by Gasteiger charge is -2.09. The third-order valence-corrected chi connectivity index (χ3v) is 8.27. The van der Waals surface area contributed by atoms with Gasteiger partial charge in [0.15, 0.2) is 0 Å². The first kappa shape index (κ1) is 29.7. The molecule has 3 aromatic rings. The Balaban J connectivity index is 2.06. The molecule has 0 amide bonds. The van der Waals surface area contributed by atoms with E-state index in [1.165, 1.54) is 0 Å². The molecule has 43 heavy (non-hydrogen) atoms. The molecule has 0 unspecified atom stereocenters. The monoisotopic (exact) mass is 580 g/mol. The van der Waals surface area contributed by atoms with E-state index in [-0.39, 0.29) is 30.7 Å². The van der Waals surface area contributed by atoms with Gasteiger partial charge in [-0.3, -0.25) is 14.6 Å². The molecule has 9 heteroatoms. The first-order valence-electron chi connectivity index (χ1n) is 14.5. The number of carbonyl (C=O) groups excluding carboxylic acids is 2. The summed E-state index contributed by atoms with van der Waals surface area (Å²) in [6, 6.07) is 5.90. The lowest BCUT2D eigenvalue weighted by atomic mass is 10.0. The summed E-state index contributed by atoms with van der Waals surface area (Å²) in [6.07, 6.45) is 2.19. The summed E-state index contributed by atoms with van der Waals surface area (Å²) >= 11 is 0. The number of fused-ring (bicyclic) bond motifs is 5. The van der Waals surface area contributed by atoms with Gasteiger partial charge in [-0.1, -0.05) is 33.4 Å². The van der Waals surface area contributed by atoms with Crippen LogP contribution in [0.5, 0.6) is 0 Å². The predicted octanol–water partition coefficient (Wildman–Crippen LogP) is 6.68. The highest BCUT2D eigenvalue weighted by Gasteiger charge is 2.28. The van der Waals surface area contributed by atoms with Crippen LogP contribution in [0.15, 0.2) is 30.9 Å². The highest BCUT2D eigenvalue weighted by molar-refractivity contribution is 6.09. The maximum atomic E-state index is 13.2. The van der Waals surface area contributed by atoms with Gasteiger partial charge in [0.25, 0.3) is 0 Å². The second kappa shape index (κ2) is 11.5. The Morgan fingerprint density at radius 3 is 2.42 bits per heavy atom. The van der Waals surface area contributed by atoms with Gasteiger partial charge in [-0.15, -0.1) is 0 Å². The average Bonchev–Trinajstić information content (AvgIpc) is 3.50. The largest absolute Gasteiger partial charge is 0.481 e. The number of ether oxygens (including phenoxy) is 1. The molecule has 0 spiro atoms. The predicted molar refractivity (Wildman–Crippen MR) is 167 cm³/mol. The van der Waals surface area contributed by atoms with E-state index < -0.39 is 17.9 Å². The molecular weight excluding hydrogens is 544 g/mol. The Kier molecular flexibility index (Phi) is 7.92. The zero-order valence-electron chi connectivity index (χ0n) is 25.4. The van der Waals surface area contributed by atoms with Crippen molar-refractivity contribution in [3.8, 4) is 0 Å². The van der Waals surface area contributed by atoms with Crippen molar-refractivity contribution in [1.29, 1.82) is 0 Å². The third kappa shape index (κ3) is 5.43. The van der Waals surface area contributed by atoms with Gasteiger partial charge in [-0.05, 0) is 73.6 Å². The minimum atomic E-state index is -0.996. The van der Waals surface area contributed by atoms with Gasteiger partial charge in [0.2, 0.25) is 0 Å². The van der Waals surface area contributed by atoms with Crippen LogP contribution >= 0.6 is 0 Å². The number of cyclic esters (lactones) is 2. The lowest BCUT2D eigenvalue weighted by molar-refractivity contribution is -0.137. The normalized spacial score (nSPS) is 13.7. The highest BCUT2D eigenvalue weighted by Crippen LogP contribution is 2.33. The van der Waals surface area contributed by atoms with E-state index in [4.69, 9.17) is 14.7 Å². The molecule has 5 heterocycles. The molecule has 222 valence electrons. The van der Waals surface area contributed by atoms with E-state index in [1.54, 1.807) is 13.0 Å². The van der Waals surface area contributed by atoms with Crippen LogP contribution in [0.2, 0.25) is 0 Å². The van der Waals surface area contributed by atoms with Gasteiger partial charge in [0, 0.05) is 45.5 Å². The summed E-state index contributed by atoms with van der Waals surface area (Å²) in [5, 5.41) is 9.59. The van der Waals surface area contributed by atoms with Crippen molar-refractivity contribution < 1.29 is 24.2 Å². The molecule has 6 bridgehead atoms. The molecule has 0 radical (unpaired) electrons. The number of carboxylic acid groups (broad SMARTS) is 1. The Labute approximate surface area is 249 Å². The molecule has 2 aliphatic heterocycles. The molecule has 5 rings (SSSR count). The second-order valence-electron chi connectivity index (χ2n) is 11.3. The number of aliphatic carboxylic acids is 1. The maximum absolute atomic E-state index is 13.2. The van der Waals surface area contributed by atoms with E-state index >= 15 is 0 Å². The standard InChI is InChI=1S/C34H36N4O5/c1-8-20-17(5)25-13-24(16(3)4)35-23(10-11-30(39)40)22-12-31(41)43-34(42)32-19(7)27(38-33(22)32)15-29-21(9-2)18(6)26(37-29)14-28(20)36-25/h8,13-16,37-38H,1,9-12H2,2-7H3,(H,39,40). The number of carbonyl (C=O) groups is 3. The number of allylic oxidation sites excluding steroid dienone is 3. The zero-order chi connectivity index (χ0) is 31.2. The number of nitrogens with one attached hydrogen (secondary N) is 2. The summed E-state index contributed by atoms with van der Waals surface area (Å²) in [4.78, 5) is 54.6. The first-order chi connectivity index (χ1) is 20.4. The summed E-state index contributed by atoms with van der Waals surface area (Å²) in [6.45, 7) is 16.0. The number of aromatic amines is 2. The smallest absolute Gasteiger partial charge is 0.348 e. The van der Waals surface area contributed by atoms with Crippen LogP contribution in [0.25, 0.3) is 33.2 Å². The van der Waals surface area contributed by atoms with Crippen LogP contribution in [0.4, 0.5) is 0 Å². The minimum absolute atomic E-state index is 0.0519. The second-order valence-corrected chi connectivity index (χ2v) is 11.3. The van der Waals surface area contributed by atoms with Crippen molar-refractivity contribution in [2.24, 2.45) is 0 Å². The molecule has 0 saturated heterocycles. The Morgan fingerprint density at radius 1 is 1.05 bits per heavy atom. The third-order valence-electron chi connectivity index (χ3n) is 8.27. The van der Waals surface area contributed by atoms with Gasteiger partial charge in [0.05, 0.1) is 35.3 Å². The van der Waals surface area contributed by atoms with E-state index in [1.807, 2.05) is 39.0 Å². The number of carboxylic acids is 1. The zero-order valence-corrected chi connectivity index (χ0v) is 25.4. The Bertz CT molecular complexity index is 1910. The Morgan fingerprint density at radius 2 is 1.77 bits per heavy atom. The van der Waals surface area contributed by atoms with E-state index in [9.17, 15) is 19.5 Å². The molecule has 2 aliphatic rings. The van der Waals surface area contributed by atoms with Crippen molar-refractivity contribution in [1.82, 2.24) is 19.9 Å². The van der Waals surface area contributed by atoms with Gasteiger partial charge in [-0.25, -0.2) is 9.78 Å². The molecule has 0 atom stereocenters. The van der Waals surface area contributed by atoms with Gasteiger partial charge < -0.3 is 19.8 Å². The van der Waals surface area contributed by atoms with Crippen LogP contribution < -0.4 is 0 Å². The number of hydrogen-bond acceptors (Lipinski definition) is 6. The molecule has 0 fully saturated rings. The average molecular weight is 581 g/mol. The van der Waals surface area contributed by atoms with E-state index in [0.717, 1.165) is 51.1 Å². The Hall–Kier alpha value is -4.79. The van der Waals surface area contributed by atoms with Gasteiger partial charge in [0.1, 0.15) is 0 Å². The van der Waals surface area contributed by atoms with Crippen molar-refractivity contribution in [2.45, 2.75) is 73.1 Å². The SMILES string of the molecule is C=CC1=C(C)c2cc(C(C)C)nc(CCC(=O)O)c3c4[nH]c(cc5[nH]c(cc1n2)c(C)c5CC)c(C)c4C(=O)OC(=O)C3.